The molecular formula is C11H19NS. The molecule has 0 saturated carbocycles. The lowest BCUT2D eigenvalue weighted by atomic mass is 9.95. The molecule has 0 aliphatic rings. The van der Waals surface area contributed by atoms with Gasteiger partial charge < -0.3 is 5.32 Å². The molecule has 74 valence electrons. The first-order valence-corrected chi connectivity index (χ1v) is 5.54. The normalized spacial score (nSPS) is 14.5. The van der Waals surface area contributed by atoms with E-state index in [1.807, 2.05) is 18.4 Å². The van der Waals surface area contributed by atoms with Crippen molar-refractivity contribution >= 4 is 11.3 Å². The first kappa shape index (κ1) is 10.7. The summed E-state index contributed by atoms with van der Waals surface area (Å²) in [5, 5.41) is 3.26. The third kappa shape index (κ3) is 2.55. The summed E-state index contributed by atoms with van der Waals surface area (Å²) >= 11 is 1.91. The van der Waals surface area contributed by atoms with Gasteiger partial charge in [-0.15, -0.1) is 11.3 Å². The molecule has 0 aliphatic carbocycles. The van der Waals surface area contributed by atoms with Gasteiger partial charge in [-0.25, -0.2) is 0 Å². The number of nitrogens with one attached hydrogen (secondary N) is 1. The van der Waals surface area contributed by atoms with Crippen molar-refractivity contribution in [2.45, 2.75) is 39.2 Å². The molecule has 1 heterocycles. The molecule has 0 saturated heterocycles. The van der Waals surface area contributed by atoms with Crippen LogP contribution in [0.1, 0.15) is 43.5 Å². The molecule has 2 heteroatoms. The minimum absolute atomic E-state index is 0.288. The van der Waals surface area contributed by atoms with Crippen LogP contribution in [-0.2, 0) is 5.41 Å². The molecule has 0 aromatic carbocycles. The maximum atomic E-state index is 3.26. The lowest BCUT2D eigenvalue weighted by Gasteiger charge is -2.15. The van der Waals surface area contributed by atoms with Crippen LogP contribution >= 0.6 is 11.3 Å². The van der Waals surface area contributed by atoms with Crippen LogP contribution in [0.4, 0.5) is 0 Å². The second-order valence-electron chi connectivity index (χ2n) is 4.46. The van der Waals surface area contributed by atoms with Gasteiger partial charge in [0.15, 0.2) is 0 Å². The summed E-state index contributed by atoms with van der Waals surface area (Å²) in [7, 11) is 2.00. The zero-order chi connectivity index (χ0) is 10.1. The van der Waals surface area contributed by atoms with Crippen LogP contribution in [0.2, 0.25) is 0 Å². The van der Waals surface area contributed by atoms with Crippen LogP contribution in [-0.4, -0.2) is 7.05 Å². The fraction of sp³-hybridized carbons (Fsp3) is 0.636. The summed E-state index contributed by atoms with van der Waals surface area (Å²) in [5.74, 6) is 0. The monoisotopic (exact) mass is 197 g/mol. The lowest BCUT2D eigenvalue weighted by molar-refractivity contribution is 0.604. The van der Waals surface area contributed by atoms with E-state index in [4.69, 9.17) is 0 Å². The van der Waals surface area contributed by atoms with Gasteiger partial charge in [0, 0.05) is 15.8 Å². The second kappa shape index (κ2) is 3.81. The topological polar surface area (TPSA) is 12.0 Å². The third-order valence-electron chi connectivity index (χ3n) is 2.23. The van der Waals surface area contributed by atoms with Crippen molar-refractivity contribution in [3.63, 3.8) is 0 Å². The van der Waals surface area contributed by atoms with Gasteiger partial charge in [-0.1, -0.05) is 20.8 Å². The number of thiophene rings is 1. The van der Waals surface area contributed by atoms with Crippen molar-refractivity contribution in [1.82, 2.24) is 5.32 Å². The van der Waals surface area contributed by atoms with Gasteiger partial charge in [-0.2, -0.15) is 0 Å². The molecule has 1 aromatic rings. The van der Waals surface area contributed by atoms with Gasteiger partial charge >= 0.3 is 0 Å². The quantitative estimate of drug-likeness (QED) is 0.767. The molecule has 0 spiro atoms. The van der Waals surface area contributed by atoms with E-state index >= 15 is 0 Å². The number of hydrogen-bond acceptors (Lipinski definition) is 2. The maximum absolute atomic E-state index is 3.26. The van der Waals surface area contributed by atoms with E-state index in [1.54, 1.807) is 0 Å². The van der Waals surface area contributed by atoms with Crippen LogP contribution in [0, 0.1) is 0 Å². The summed E-state index contributed by atoms with van der Waals surface area (Å²) < 4.78 is 0. The van der Waals surface area contributed by atoms with Crippen LogP contribution < -0.4 is 5.32 Å². The second-order valence-corrected chi connectivity index (χ2v) is 5.58. The van der Waals surface area contributed by atoms with Crippen LogP contribution in [0.25, 0.3) is 0 Å². The zero-order valence-corrected chi connectivity index (χ0v) is 9.96. The van der Waals surface area contributed by atoms with E-state index in [9.17, 15) is 0 Å². The van der Waals surface area contributed by atoms with Gasteiger partial charge in [0.25, 0.3) is 0 Å². The third-order valence-corrected chi connectivity index (χ3v) is 3.92. The van der Waals surface area contributed by atoms with Crippen molar-refractivity contribution in [3.8, 4) is 0 Å². The first-order valence-electron chi connectivity index (χ1n) is 4.72. The first-order chi connectivity index (χ1) is 5.95. The molecule has 1 rings (SSSR count). The Kier molecular flexibility index (Phi) is 3.14. The Balaban J connectivity index is 2.87. The van der Waals surface area contributed by atoms with E-state index in [0.29, 0.717) is 6.04 Å². The molecule has 1 N–H and O–H groups in total. The predicted octanol–water partition coefficient (Wildman–Crippen LogP) is 3.33. The number of hydrogen-bond donors (Lipinski definition) is 1. The highest BCUT2D eigenvalue weighted by Gasteiger charge is 2.17. The van der Waals surface area contributed by atoms with Crippen LogP contribution in [0.15, 0.2) is 12.1 Å². The Morgan fingerprint density at radius 2 is 1.92 bits per heavy atom. The lowest BCUT2D eigenvalue weighted by Crippen LogP contribution is -2.11. The minimum Gasteiger partial charge on any atom is -0.313 e. The maximum Gasteiger partial charge on any atom is 0.0383 e. The molecular weight excluding hydrogens is 178 g/mol. The predicted molar refractivity (Wildman–Crippen MR) is 60.5 cm³/mol. The van der Waals surface area contributed by atoms with Crippen molar-refractivity contribution in [2.24, 2.45) is 0 Å². The Morgan fingerprint density at radius 3 is 2.31 bits per heavy atom. The fourth-order valence-corrected chi connectivity index (χ4v) is 2.26. The minimum atomic E-state index is 0.288. The van der Waals surface area contributed by atoms with Gasteiger partial charge in [0.1, 0.15) is 0 Å². The average molecular weight is 197 g/mol. The van der Waals surface area contributed by atoms with Crippen molar-refractivity contribution in [1.29, 1.82) is 0 Å². The van der Waals surface area contributed by atoms with Crippen LogP contribution in [0.3, 0.4) is 0 Å². The Hall–Kier alpha value is -0.340. The van der Waals surface area contributed by atoms with E-state index in [1.165, 1.54) is 9.75 Å². The molecule has 0 fully saturated rings. The summed E-state index contributed by atoms with van der Waals surface area (Å²) in [6, 6.07) is 4.95. The molecule has 0 bridgehead atoms. The summed E-state index contributed by atoms with van der Waals surface area (Å²) in [4.78, 5) is 2.89. The molecule has 1 aromatic heterocycles. The summed E-state index contributed by atoms with van der Waals surface area (Å²) in [6.07, 6.45) is 0. The molecule has 0 amide bonds. The van der Waals surface area contributed by atoms with Gasteiger partial charge in [-0.05, 0) is 31.5 Å². The van der Waals surface area contributed by atoms with E-state index < -0.39 is 0 Å². The molecule has 1 atom stereocenters. The molecule has 0 radical (unpaired) electrons. The highest BCUT2D eigenvalue weighted by atomic mass is 32.1. The molecule has 13 heavy (non-hydrogen) atoms. The Morgan fingerprint density at radius 1 is 1.31 bits per heavy atom. The van der Waals surface area contributed by atoms with E-state index in [-0.39, 0.29) is 5.41 Å². The van der Waals surface area contributed by atoms with Crippen molar-refractivity contribution in [3.05, 3.63) is 21.9 Å². The highest BCUT2D eigenvalue weighted by molar-refractivity contribution is 7.12. The van der Waals surface area contributed by atoms with E-state index in [0.717, 1.165) is 0 Å². The fourth-order valence-electron chi connectivity index (χ4n) is 1.13. The van der Waals surface area contributed by atoms with Gasteiger partial charge in [0.05, 0.1) is 0 Å². The Bertz CT molecular complexity index is 270. The average Bonchev–Trinajstić information content (AvgIpc) is 2.50. The Labute approximate surface area is 85.2 Å². The van der Waals surface area contributed by atoms with Crippen LogP contribution in [0.5, 0.6) is 0 Å². The molecule has 1 unspecified atom stereocenters. The largest absolute Gasteiger partial charge is 0.313 e. The van der Waals surface area contributed by atoms with Crippen molar-refractivity contribution in [2.75, 3.05) is 7.05 Å². The van der Waals surface area contributed by atoms with E-state index in [2.05, 4.69) is 45.1 Å². The number of rotatable bonds is 2. The summed E-state index contributed by atoms with van der Waals surface area (Å²) in [6.45, 7) is 8.96. The summed E-state index contributed by atoms with van der Waals surface area (Å²) in [5.41, 5.74) is 0.288. The van der Waals surface area contributed by atoms with Gasteiger partial charge in [-0.3, -0.25) is 0 Å². The van der Waals surface area contributed by atoms with Gasteiger partial charge in [0.2, 0.25) is 0 Å². The smallest absolute Gasteiger partial charge is 0.0383 e. The SMILES string of the molecule is CNC(C)c1ccc(C(C)(C)C)s1. The zero-order valence-electron chi connectivity index (χ0n) is 9.14. The van der Waals surface area contributed by atoms with Crippen molar-refractivity contribution < 1.29 is 0 Å². The highest BCUT2D eigenvalue weighted by Crippen LogP contribution is 2.31. The standard InChI is InChI=1S/C11H19NS/c1-8(12-5)9-6-7-10(13-9)11(2,3)4/h6-8,12H,1-5H3. The molecule has 1 nitrogen and oxygen atoms in total. The molecule has 0 aliphatic heterocycles.